The molecule has 1 saturated heterocycles. The van der Waals surface area contributed by atoms with E-state index in [1.807, 2.05) is 35.2 Å². The van der Waals surface area contributed by atoms with Crippen LogP contribution in [0.2, 0.25) is 0 Å². The predicted molar refractivity (Wildman–Crippen MR) is 71.9 cm³/mol. The number of para-hydroxylation sites is 1. The SMILES string of the molecule is O=C(CCN1CCC(C(=O)O)C1)Nc1ccccc1. The van der Waals surface area contributed by atoms with Crippen LogP contribution in [0.3, 0.4) is 0 Å². The van der Waals surface area contributed by atoms with Gasteiger partial charge in [0.2, 0.25) is 5.91 Å². The molecule has 1 amide bonds. The van der Waals surface area contributed by atoms with Crippen molar-refractivity contribution in [2.45, 2.75) is 12.8 Å². The molecule has 19 heavy (non-hydrogen) atoms. The van der Waals surface area contributed by atoms with Gasteiger partial charge in [-0.25, -0.2) is 0 Å². The highest BCUT2D eigenvalue weighted by atomic mass is 16.4. The minimum atomic E-state index is -0.740. The van der Waals surface area contributed by atoms with Crippen LogP contribution in [0.25, 0.3) is 0 Å². The molecule has 1 aromatic rings. The van der Waals surface area contributed by atoms with Crippen LogP contribution < -0.4 is 5.32 Å². The maximum Gasteiger partial charge on any atom is 0.307 e. The Morgan fingerprint density at radius 3 is 2.68 bits per heavy atom. The lowest BCUT2D eigenvalue weighted by Gasteiger charge is -2.14. The largest absolute Gasteiger partial charge is 0.481 e. The van der Waals surface area contributed by atoms with Crippen LogP contribution in [0.5, 0.6) is 0 Å². The summed E-state index contributed by atoms with van der Waals surface area (Å²) >= 11 is 0. The van der Waals surface area contributed by atoms with Gasteiger partial charge in [-0.15, -0.1) is 0 Å². The molecular formula is C14H18N2O3. The minimum Gasteiger partial charge on any atom is -0.481 e. The third-order valence-electron chi connectivity index (χ3n) is 3.33. The topological polar surface area (TPSA) is 69.6 Å². The van der Waals surface area contributed by atoms with Gasteiger partial charge >= 0.3 is 5.97 Å². The number of nitrogens with zero attached hydrogens (tertiary/aromatic N) is 1. The number of anilines is 1. The van der Waals surface area contributed by atoms with E-state index in [0.29, 0.717) is 25.9 Å². The van der Waals surface area contributed by atoms with Gasteiger partial charge in [0.05, 0.1) is 5.92 Å². The summed E-state index contributed by atoms with van der Waals surface area (Å²) in [6.07, 6.45) is 1.07. The van der Waals surface area contributed by atoms with E-state index in [-0.39, 0.29) is 11.8 Å². The van der Waals surface area contributed by atoms with Crippen LogP contribution >= 0.6 is 0 Å². The van der Waals surface area contributed by atoms with E-state index >= 15 is 0 Å². The summed E-state index contributed by atoms with van der Waals surface area (Å²) < 4.78 is 0. The Labute approximate surface area is 112 Å². The van der Waals surface area contributed by atoms with Crippen LogP contribution in [-0.4, -0.2) is 41.5 Å². The zero-order chi connectivity index (χ0) is 13.7. The first-order valence-electron chi connectivity index (χ1n) is 6.45. The molecule has 2 rings (SSSR count). The van der Waals surface area contributed by atoms with Crippen molar-refractivity contribution >= 4 is 17.6 Å². The summed E-state index contributed by atoms with van der Waals surface area (Å²) in [7, 11) is 0. The Morgan fingerprint density at radius 2 is 2.05 bits per heavy atom. The van der Waals surface area contributed by atoms with Crippen molar-refractivity contribution in [2.24, 2.45) is 5.92 Å². The molecule has 2 N–H and O–H groups in total. The number of aliphatic carboxylic acids is 1. The maximum atomic E-state index is 11.7. The Hall–Kier alpha value is -1.88. The number of nitrogens with one attached hydrogen (secondary N) is 1. The number of rotatable bonds is 5. The summed E-state index contributed by atoms with van der Waals surface area (Å²) in [5, 5.41) is 11.7. The minimum absolute atomic E-state index is 0.0371. The Bertz CT molecular complexity index is 447. The van der Waals surface area contributed by atoms with Crippen LogP contribution in [0.1, 0.15) is 12.8 Å². The summed E-state index contributed by atoms with van der Waals surface area (Å²) in [5.74, 6) is -1.06. The standard InChI is InChI=1S/C14H18N2O3/c17-13(15-12-4-2-1-3-5-12)7-9-16-8-6-11(10-16)14(18)19/h1-5,11H,6-10H2,(H,15,17)(H,18,19). The van der Waals surface area contributed by atoms with Gasteiger partial charge in [0.1, 0.15) is 0 Å². The molecule has 1 aromatic carbocycles. The van der Waals surface area contributed by atoms with Crippen LogP contribution in [-0.2, 0) is 9.59 Å². The molecule has 0 aliphatic carbocycles. The Kier molecular flexibility index (Phi) is 4.52. The average Bonchev–Trinajstić information content (AvgIpc) is 2.86. The molecular weight excluding hydrogens is 244 g/mol. The summed E-state index contributed by atoms with van der Waals surface area (Å²) in [5.41, 5.74) is 0.789. The molecule has 1 heterocycles. The van der Waals surface area contributed by atoms with Crippen molar-refractivity contribution in [2.75, 3.05) is 25.0 Å². The van der Waals surface area contributed by atoms with E-state index in [1.54, 1.807) is 0 Å². The second-order valence-electron chi connectivity index (χ2n) is 4.79. The maximum absolute atomic E-state index is 11.7. The molecule has 102 valence electrons. The van der Waals surface area contributed by atoms with Gasteiger partial charge < -0.3 is 15.3 Å². The Balaban J connectivity index is 1.71. The normalized spacial score (nSPS) is 19.3. The van der Waals surface area contributed by atoms with Crippen LogP contribution in [0, 0.1) is 5.92 Å². The molecule has 1 unspecified atom stereocenters. The highest BCUT2D eigenvalue weighted by molar-refractivity contribution is 5.90. The van der Waals surface area contributed by atoms with Crippen molar-refractivity contribution in [3.8, 4) is 0 Å². The van der Waals surface area contributed by atoms with E-state index in [9.17, 15) is 9.59 Å². The second kappa shape index (κ2) is 6.33. The number of carbonyl (C=O) groups excluding carboxylic acids is 1. The van der Waals surface area contributed by atoms with Gasteiger partial charge in [0.25, 0.3) is 0 Å². The fourth-order valence-electron chi connectivity index (χ4n) is 2.24. The number of carboxylic acid groups (broad SMARTS) is 1. The molecule has 0 aromatic heterocycles. The first kappa shape index (κ1) is 13.5. The van der Waals surface area contributed by atoms with Crippen molar-refractivity contribution in [1.29, 1.82) is 0 Å². The van der Waals surface area contributed by atoms with Gasteiger partial charge in [-0.05, 0) is 25.1 Å². The number of benzene rings is 1. The predicted octanol–water partition coefficient (Wildman–Crippen LogP) is 1.42. The fraction of sp³-hybridized carbons (Fsp3) is 0.429. The molecule has 1 aliphatic heterocycles. The zero-order valence-corrected chi connectivity index (χ0v) is 10.7. The van der Waals surface area contributed by atoms with Gasteiger partial charge in [0.15, 0.2) is 0 Å². The molecule has 0 bridgehead atoms. The van der Waals surface area contributed by atoms with E-state index in [4.69, 9.17) is 5.11 Å². The number of amides is 1. The van der Waals surface area contributed by atoms with Crippen LogP contribution in [0.4, 0.5) is 5.69 Å². The molecule has 5 heteroatoms. The number of hydrogen-bond donors (Lipinski definition) is 2. The fourth-order valence-corrected chi connectivity index (χ4v) is 2.24. The number of hydrogen-bond acceptors (Lipinski definition) is 3. The molecule has 0 radical (unpaired) electrons. The smallest absolute Gasteiger partial charge is 0.307 e. The number of carbonyl (C=O) groups is 2. The highest BCUT2D eigenvalue weighted by Crippen LogP contribution is 2.16. The first-order valence-corrected chi connectivity index (χ1v) is 6.45. The van der Waals surface area contributed by atoms with Gasteiger partial charge in [-0.2, -0.15) is 0 Å². The molecule has 1 atom stereocenters. The van der Waals surface area contributed by atoms with Crippen molar-refractivity contribution in [3.63, 3.8) is 0 Å². The zero-order valence-electron chi connectivity index (χ0n) is 10.7. The molecule has 5 nitrogen and oxygen atoms in total. The summed E-state index contributed by atoms with van der Waals surface area (Å²) in [6.45, 7) is 1.92. The van der Waals surface area contributed by atoms with Gasteiger partial charge in [0, 0.05) is 25.2 Å². The van der Waals surface area contributed by atoms with Crippen molar-refractivity contribution in [3.05, 3.63) is 30.3 Å². The third-order valence-corrected chi connectivity index (χ3v) is 3.33. The lowest BCUT2D eigenvalue weighted by Crippen LogP contribution is -2.27. The second-order valence-corrected chi connectivity index (χ2v) is 4.79. The van der Waals surface area contributed by atoms with E-state index in [1.165, 1.54) is 0 Å². The van der Waals surface area contributed by atoms with Crippen molar-refractivity contribution in [1.82, 2.24) is 4.90 Å². The first-order chi connectivity index (χ1) is 9.15. The lowest BCUT2D eigenvalue weighted by molar-refractivity contribution is -0.141. The molecule has 1 aliphatic rings. The van der Waals surface area contributed by atoms with E-state index in [2.05, 4.69) is 5.32 Å². The highest BCUT2D eigenvalue weighted by Gasteiger charge is 2.27. The molecule has 1 fully saturated rings. The summed E-state index contributed by atoms with van der Waals surface area (Å²) in [6, 6.07) is 9.31. The van der Waals surface area contributed by atoms with Gasteiger partial charge in [-0.3, -0.25) is 9.59 Å². The molecule has 0 spiro atoms. The molecule has 0 saturated carbocycles. The summed E-state index contributed by atoms with van der Waals surface area (Å²) in [4.78, 5) is 24.6. The van der Waals surface area contributed by atoms with E-state index in [0.717, 1.165) is 12.2 Å². The van der Waals surface area contributed by atoms with Crippen molar-refractivity contribution < 1.29 is 14.7 Å². The lowest BCUT2D eigenvalue weighted by atomic mass is 10.1. The monoisotopic (exact) mass is 262 g/mol. The number of carboxylic acids is 1. The Morgan fingerprint density at radius 1 is 1.32 bits per heavy atom. The van der Waals surface area contributed by atoms with Gasteiger partial charge in [-0.1, -0.05) is 18.2 Å². The van der Waals surface area contributed by atoms with E-state index < -0.39 is 5.97 Å². The quantitative estimate of drug-likeness (QED) is 0.842. The van der Waals surface area contributed by atoms with Crippen LogP contribution in [0.15, 0.2) is 30.3 Å². The number of likely N-dealkylation sites (tertiary alicyclic amines) is 1. The third kappa shape index (κ3) is 4.06. The average molecular weight is 262 g/mol.